The molecule has 1 aromatic heterocycles. The minimum Gasteiger partial charge on any atom is -0.368 e. The van der Waals surface area contributed by atoms with Crippen molar-refractivity contribution in [3.63, 3.8) is 0 Å². The molecule has 0 aliphatic carbocycles. The summed E-state index contributed by atoms with van der Waals surface area (Å²) in [6.45, 7) is 5.11. The fourth-order valence-corrected chi connectivity index (χ4v) is 4.51. The van der Waals surface area contributed by atoms with Gasteiger partial charge in [0.2, 0.25) is 5.91 Å². The van der Waals surface area contributed by atoms with Crippen LogP contribution in [0, 0.1) is 6.92 Å². The maximum absolute atomic E-state index is 12.6. The summed E-state index contributed by atoms with van der Waals surface area (Å²) in [6.07, 6.45) is 0.348. The summed E-state index contributed by atoms with van der Waals surface area (Å²) >= 11 is 13.7. The van der Waals surface area contributed by atoms with Gasteiger partial charge in [-0.2, -0.15) is 0 Å². The first-order valence-corrected chi connectivity index (χ1v) is 10.4. The predicted molar refractivity (Wildman–Crippen MR) is 113 cm³/mol. The Morgan fingerprint density at radius 1 is 1.07 bits per heavy atom. The Morgan fingerprint density at radius 2 is 1.85 bits per heavy atom. The summed E-state index contributed by atoms with van der Waals surface area (Å²) in [6, 6.07) is 11.8. The zero-order valence-corrected chi connectivity index (χ0v) is 17.2. The molecule has 0 saturated carbocycles. The monoisotopic (exact) mass is 419 g/mol. The molecule has 1 amide bonds. The molecule has 0 N–H and O–H groups in total. The maximum atomic E-state index is 12.6. The van der Waals surface area contributed by atoms with Gasteiger partial charge in [0.05, 0.1) is 31.7 Å². The number of nitrogens with zero attached hydrogens (tertiary/aromatic N) is 3. The Morgan fingerprint density at radius 3 is 2.59 bits per heavy atom. The number of hydrogen-bond acceptors (Lipinski definition) is 4. The molecule has 4 nitrogen and oxygen atoms in total. The standard InChI is InChI=1S/C20H19Cl2N3OS/c1-13-23-18-12-15(3-5-19(18)27-13)24-6-8-25(9-7-24)20(26)11-14-2-4-16(21)17(22)10-14/h2-5,10,12H,6-9,11H2,1H3. The Kier molecular flexibility index (Phi) is 5.26. The number of thiazole rings is 1. The largest absolute Gasteiger partial charge is 0.368 e. The molecule has 3 aromatic rings. The van der Waals surface area contributed by atoms with Crippen molar-refractivity contribution in [2.45, 2.75) is 13.3 Å². The van der Waals surface area contributed by atoms with Crippen LogP contribution in [0.1, 0.15) is 10.6 Å². The first-order valence-electron chi connectivity index (χ1n) is 8.83. The minimum absolute atomic E-state index is 0.124. The molecule has 0 unspecified atom stereocenters. The van der Waals surface area contributed by atoms with Crippen LogP contribution in [0.25, 0.3) is 10.2 Å². The molecule has 2 aromatic carbocycles. The highest BCUT2D eigenvalue weighted by atomic mass is 35.5. The van der Waals surface area contributed by atoms with Crippen LogP contribution in [0.2, 0.25) is 10.0 Å². The average Bonchev–Trinajstić information content (AvgIpc) is 3.04. The lowest BCUT2D eigenvalue weighted by Gasteiger charge is -2.36. The van der Waals surface area contributed by atoms with Gasteiger partial charge in [0.25, 0.3) is 0 Å². The smallest absolute Gasteiger partial charge is 0.227 e. The molecule has 1 fully saturated rings. The van der Waals surface area contributed by atoms with E-state index in [9.17, 15) is 4.79 Å². The van der Waals surface area contributed by atoms with E-state index in [1.54, 1.807) is 23.5 Å². The van der Waals surface area contributed by atoms with E-state index in [1.807, 2.05) is 17.9 Å². The lowest BCUT2D eigenvalue weighted by Crippen LogP contribution is -2.49. The van der Waals surface area contributed by atoms with E-state index in [-0.39, 0.29) is 5.91 Å². The lowest BCUT2D eigenvalue weighted by molar-refractivity contribution is -0.130. The molecule has 7 heteroatoms. The van der Waals surface area contributed by atoms with Crippen LogP contribution < -0.4 is 4.90 Å². The van der Waals surface area contributed by atoms with Gasteiger partial charge < -0.3 is 9.80 Å². The number of carbonyl (C=O) groups is 1. The van der Waals surface area contributed by atoms with Gasteiger partial charge in [0.15, 0.2) is 0 Å². The van der Waals surface area contributed by atoms with Gasteiger partial charge in [0, 0.05) is 31.9 Å². The number of fused-ring (bicyclic) bond motifs is 1. The van der Waals surface area contributed by atoms with Crippen molar-refractivity contribution in [3.8, 4) is 0 Å². The second-order valence-corrected chi connectivity index (χ2v) is 8.73. The van der Waals surface area contributed by atoms with Gasteiger partial charge in [0.1, 0.15) is 0 Å². The van der Waals surface area contributed by atoms with Crippen molar-refractivity contribution < 1.29 is 4.79 Å². The quantitative estimate of drug-likeness (QED) is 0.611. The highest BCUT2D eigenvalue weighted by molar-refractivity contribution is 7.18. The van der Waals surface area contributed by atoms with Crippen LogP contribution in [-0.2, 0) is 11.2 Å². The van der Waals surface area contributed by atoms with Crippen LogP contribution in [0.15, 0.2) is 36.4 Å². The summed E-state index contributed by atoms with van der Waals surface area (Å²) < 4.78 is 1.21. The van der Waals surface area contributed by atoms with E-state index in [0.29, 0.717) is 29.6 Å². The van der Waals surface area contributed by atoms with E-state index in [0.717, 1.165) is 29.2 Å². The topological polar surface area (TPSA) is 36.4 Å². The molecule has 140 valence electrons. The number of halogens is 2. The van der Waals surface area contributed by atoms with E-state index in [2.05, 4.69) is 28.1 Å². The first-order chi connectivity index (χ1) is 13.0. The third-order valence-electron chi connectivity index (χ3n) is 4.81. The van der Waals surface area contributed by atoms with Gasteiger partial charge in [-0.3, -0.25) is 4.79 Å². The first kappa shape index (κ1) is 18.5. The summed E-state index contributed by atoms with van der Waals surface area (Å²) in [5.41, 5.74) is 3.11. The highest BCUT2D eigenvalue weighted by Crippen LogP contribution is 2.27. The van der Waals surface area contributed by atoms with E-state index >= 15 is 0 Å². The lowest BCUT2D eigenvalue weighted by atomic mass is 10.1. The zero-order chi connectivity index (χ0) is 19.0. The van der Waals surface area contributed by atoms with Gasteiger partial charge >= 0.3 is 0 Å². The average molecular weight is 420 g/mol. The van der Waals surface area contributed by atoms with Crippen LogP contribution in [0.4, 0.5) is 5.69 Å². The molecule has 1 aliphatic heterocycles. The molecule has 1 saturated heterocycles. The second kappa shape index (κ2) is 7.66. The number of amides is 1. The highest BCUT2D eigenvalue weighted by Gasteiger charge is 2.22. The van der Waals surface area contributed by atoms with Crippen molar-refractivity contribution in [2.75, 3.05) is 31.1 Å². The van der Waals surface area contributed by atoms with Crippen molar-refractivity contribution >= 4 is 56.3 Å². The molecule has 2 heterocycles. The number of piperazine rings is 1. The summed E-state index contributed by atoms with van der Waals surface area (Å²) in [5, 5.41) is 2.08. The van der Waals surface area contributed by atoms with Crippen molar-refractivity contribution in [2.24, 2.45) is 0 Å². The predicted octanol–water partition coefficient (Wildman–Crippen LogP) is 4.80. The van der Waals surface area contributed by atoms with Gasteiger partial charge in [-0.05, 0) is 42.8 Å². The number of hydrogen-bond donors (Lipinski definition) is 0. The molecule has 4 rings (SSSR count). The number of rotatable bonds is 3. The van der Waals surface area contributed by atoms with Crippen LogP contribution in [-0.4, -0.2) is 42.0 Å². The zero-order valence-electron chi connectivity index (χ0n) is 14.9. The number of carbonyl (C=O) groups excluding carboxylic acids is 1. The van der Waals surface area contributed by atoms with Gasteiger partial charge in [-0.1, -0.05) is 29.3 Å². The molecular formula is C20H19Cl2N3OS. The Labute approximate surface area is 172 Å². The third-order valence-corrected chi connectivity index (χ3v) is 6.51. The van der Waals surface area contributed by atoms with Crippen LogP contribution in [0.3, 0.4) is 0 Å². The van der Waals surface area contributed by atoms with E-state index < -0.39 is 0 Å². The summed E-state index contributed by atoms with van der Waals surface area (Å²) in [4.78, 5) is 21.4. The van der Waals surface area contributed by atoms with Gasteiger partial charge in [-0.15, -0.1) is 11.3 Å². The maximum Gasteiger partial charge on any atom is 0.227 e. The fraction of sp³-hybridized carbons (Fsp3) is 0.300. The van der Waals surface area contributed by atoms with Crippen LogP contribution >= 0.6 is 34.5 Å². The Bertz CT molecular complexity index is 996. The van der Waals surface area contributed by atoms with E-state index in [4.69, 9.17) is 23.2 Å². The molecule has 0 bridgehead atoms. The Balaban J connectivity index is 1.38. The molecule has 0 atom stereocenters. The number of benzene rings is 2. The molecule has 0 spiro atoms. The third kappa shape index (κ3) is 4.05. The number of anilines is 1. The van der Waals surface area contributed by atoms with Crippen LogP contribution in [0.5, 0.6) is 0 Å². The number of aromatic nitrogens is 1. The SMILES string of the molecule is Cc1nc2cc(N3CCN(C(=O)Cc4ccc(Cl)c(Cl)c4)CC3)ccc2s1. The van der Waals surface area contributed by atoms with Gasteiger partial charge in [-0.25, -0.2) is 4.98 Å². The number of aryl methyl sites for hydroxylation is 1. The van der Waals surface area contributed by atoms with E-state index in [1.165, 1.54) is 10.4 Å². The fourth-order valence-electron chi connectivity index (χ4n) is 3.38. The van der Waals surface area contributed by atoms with Crippen molar-refractivity contribution in [1.82, 2.24) is 9.88 Å². The normalized spacial score (nSPS) is 14.8. The second-order valence-electron chi connectivity index (χ2n) is 6.68. The summed E-state index contributed by atoms with van der Waals surface area (Å²) in [7, 11) is 0. The molecule has 27 heavy (non-hydrogen) atoms. The molecule has 1 aliphatic rings. The molecular weight excluding hydrogens is 401 g/mol. The van der Waals surface area contributed by atoms with Crippen molar-refractivity contribution in [1.29, 1.82) is 0 Å². The van der Waals surface area contributed by atoms with Crippen molar-refractivity contribution in [3.05, 3.63) is 57.0 Å². The summed E-state index contributed by atoms with van der Waals surface area (Å²) in [5.74, 6) is 0.124. The minimum atomic E-state index is 0.124. The molecule has 0 radical (unpaired) electrons. The Hall–Kier alpha value is -1.82.